The summed E-state index contributed by atoms with van der Waals surface area (Å²) in [5, 5.41) is 16.6. The maximum atomic E-state index is 12.4. The monoisotopic (exact) mass is 446 g/mol. The number of benzene rings is 1. The number of anilines is 1. The SMILES string of the molecule is CCn1c(CNC(=O)c2ccc(OC)cc2)nnc1SC(C)C(=O)Nc1nccs1. The number of rotatable bonds is 9. The van der Waals surface area contributed by atoms with Gasteiger partial charge in [0.25, 0.3) is 5.91 Å². The van der Waals surface area contributed by atoms with Crippen molar-refractivity contribution in [3.05, 3.63) is 47.2 Å². The van der Waals surface area contributed by atoms with Gasteiger partial charge < -0.3 is 19.9 Å². The fourth-order valence-corrected chi connectivity index (χ4v) is 4.03. The molecular weight excluding hydrogens is 424 g/mol. The highest BCUT2D eigenvalue weighted by molar-refractivity contribution is 8.00. The van der Waals surface area contributed by atoms with E-state index in [9.17, 15) is 9.59 Å². The summed E-state index contributed by atoms with van der Waals surface area (Å²) in [5.74, 6) is 0.935. The molecule has 158 valence electrons. The number of methoxy groups -OCH3 is 1. The number of carbonyl (C=O) groups is 2. The lowest BCUT2D eigenvalue weighted by Crippen LogP contribution is -2.25. The molecule has 2 amide bonds. The van der Waals surface area contributed by atoms with Gasteiger partial charge in [-0.3, -0.25) is 9.59 Å². The molecule has 1 unspecified atom stereocenters. The minimum Gasteiger partial charge on any atom is -0.497 e. The van der Waals surface area contributed by atoms with E-state index in [-0.39, 0.29) is 23.6 Å². The topological polar surface area (TPSA) is 111 Å². The molecule has 0 fully saturated rings. The van der Waals surface area contributed by atoms with Crippen molar-refractivity contribution in [2.45, 2.75) is 37.3 Å². The molecule has 9 nitrogen and oxygen atoms in total. The van der Waals surface area contributed by atoms with Gasteiger partial charge in [0.1, 0.15) is 5.75 Å². The lowest BCUT2D eigenvalue weighted by molar-refractivity contribution is -0.115. The zero-order valence-electron chi connectivity index (χ0n) is 16.8. The first-order valence-corrected chi connectivity index (χ1v) is 11.0. The van der Waals surface area contributed by atoms with Crippen molar-refractivity contribution in [2.24, 2.45) is 0 Å². The van der Waals surface area contributed by atoms with Crippen LogP contribution in [0.4, 0.5) is 5.13 Å². The first-order chi connectivity index (χ1) is 14.5. The lowest BCUT2D eigenvalue weighted by Gasteiger charge is -2.12. The second kappa shape index (κ2) is 10.2. The summed E-state index contributed by atoms with van der Waals surface area (Å²) in [6.45, 7) is 4.60. The van der Waals surface area contributed by atoms with Crippen LogP contribution in [0.5, 0.6) is 5.75 Å². The Balaban J connectivity index is 1.60. The van der Waals surface area contributed by atoms with Crippen LogP contribution in [-0.4, -0.2) is 43.9 Å². The lowest BCUT2D eigenvalue weighted by atomic mass is 10.2. The third-order valence-electron chi connectivity index (χ3n) is 4.18. The van der Waals surface area contributed by atoms with E-state index in [0.29, 0.717) is 34.0 Å². The molecule has 0 spiro atoms. The minimum absolute atomic E-state index is 0.157. The van der Waals surface area contributed by atoms with Gasteiger partial charge >= 0.3 is 0 Å². The summed E-state index contributed by atoms with van der Waals surface area (Å²) in [4.78, 5) is 28.8. The van der Waals surface area contributed by atoms with E-state index in [1.807, 2.05) is 11.5 Å². The van der Waals surface area contributed by atoms with Crippen molar-refractivity contribution in [3.63, 3.8) is 0 Å². The normalized spacial score (nSPS) is 11.7. The van der Waals surface area contributed by atoms with Crippen LogP contribution in [-0.2, 0) is 17.9 Å². The predicted molar refractivity (Wildman–Crippen MR) is 116 cm³/mol. The van der Waals surface area contributed by atoms with Crippen molar-refractivity contribution in [1.82, 2.24) is 25.1 Å². The van der Waals surface area contributed by atoms with E-state index < -0.39 is 0 Å². The number of carbonyl (C=O) groups excluding carboxylic acids is 2. The number of hydrogen-bond acceptors (Lipinski definition) is 8. The first kappa shape index (κ1) is 21.8. The van der Waals surface area contributed by atoms with E-state index in [1.165, 1.54) is 23.1 Å². The smallest absolute Gasteiger partial charge is 0.251 e. The zero-order valence-corrected chi connectivity index (χ0v) is 18.4. The fraction of sp³-hybridized carbons (Fsp3) is 0.316. The van der Waals surface area contributed by atoms with Gasteiger partial charge in [-0.05, 0) is 38.1 Å². The van der Waals surface area contributed by atoms with Crippen molar-refractivity contribution in [3.8, 4) is 5.75 Å². The number of aromatic nitrogens is 4. The molecule has 30 heavy (non-hydrogen) atoms. The number of hydrogen-bond donors (Lipinski definition) is 2. The number of ether oxygens (including phenoxy) is 1. The Labute approximate surface area is 182 Å². The molecule has 11 heteroatoms. The Kier molecular flexibility index (Phi) is 7.41. The van der Waals surface area contributed by atoms with Crippen LogP contribution < -0.4 is 15.4 Å². The molecule has 0 saturated heterocycles. The average Bonchev–Trinajstić information content (AvgIpc) is 3.41. The standard InChI is InChI=1S/C19H22N6O3S2/c1-4-25-15(11-21-17(27)13-5-7-14(28-3)8-6-13)23-24-19(25)30-12(2)16(26)22-18-20-9-10-29-18/h5-10,12H,4,11H2,1-3H3,(H,21,27)(H,20,22,26). The Morgan fingerprint density at radius 1 is 1.27 bits per heavy atom. The highest BCUT2D eigenvalue weighted by atomic mass is 32.2. The molecule has 0 saturated carbocycles. The molecule has 3 rings (SSSR count). The fourth-order valence-electron chi connectivity index (χ4n) is 2.56. The van der Waals surface area contributed by atoms with Gasteiger partial charge in [0, 0.05) is 23.7 Å². The first-order valence-electron chi connectivity index (χ1n) is 9.23. The molecule has 0 bridgehead atoms. The Morgan fingerprint density at radius 3 is 2.67 bits per heavy atom. The third-order valence-corrected chi connectivity index (χ3v) is 5.95. The summed E-state index contributed by atoms with van der Waals surface area (Å²) in [6, 6.07) is 6.86. The Bertz CT molecular complexity index is 988. The third kappa shape index (κ3) is 5.36. The number of thioether (sulfide) groups is 1. The molecule has 3 aromatic rings. The molecule has 2 N–H and O–H groups in total. The van der Waals surface area contributed by atoms with Gasteiger partial charge in [0.15, 0.2) is 16.1 Å². The highest BCUT2D eigenvalue weighted by Gasteiger charge is 2.20. The number of nitrogens with zero attached hydrogens (tertiary/aromatic N) is 4. The second-order valence-electron chi connectivity index (χ2n) is 6.14. The van der Waals surface area contributed by atoms with Gasteiger partial charge in [0.05, 0.1) is 18.9 Å². The van der Waals surface area contributed by atoms with E-state index in [2.05, 4.69) is 25.8 Å². The zero-order chi connectivity index (χ0) is 21.5. The predicted octanol–water partition coefficient (Wildman–Crippen LogP) is 2.81. The van der Waals surface area contributed by atoms with Crippen LogP contribution in [0.2, 0.25) is 0 Å². The van der Waals surface area contributed by atoms with Gasteiger partial charge in [-0.25, -0.2) is 4.98 Å². The number of amides is 2. The van der Waals surface area contributed by atoms with Crippen molar-refractivity contribution in [2.75, 3.05) is 12.4 Å². The second-order valence-corrected chi connectivity index (χ2v) is 8.34. The summed E-state index contributed by atoms with van der Waals surface area (Å²) in [6.07, 6.45) is 1.64. The van der Waals surface area contributed by atoms with Crippen LogP contribution in [0.25, 0.3) is 0 Å². The molecular formula is C19H22N6O3S2. The maximum Gasteiger partial charge on any atom is 0.251 e. The molecule has 1 aromatic carbocycles. The van der Waals surface area contributed by atoms with Crippen LogP contribution in [0, 0.1) is 0 Å². The van der Waals surface area contributed by atoms with Gasteiger partial charge in [0.2, 0.25) is 5.91 Å². The van der Waals surface area contributed by atoms with Crippen molar-refractivity contribution >= 4 is 40.0 Å². The summed E-state index contributed by atoms with van der Waals surface area (Å²) < 4.78 is 6.98. The van der Waals surface area contributed by atoms with Crippen molar-refractivity contribution in [1.29, 1.82) is 0 Å². The Hall–Kier alpha value is -2.92. The average molecular weight is 447 g/mol. The molecule has 2 heterocycles. The van der Waals surface area contributed by atoms with E-state index >= 15 is 0 Å². The van der Waals surface area contributed by atoms with Gasteiger partial charge in [-0.1, -0.05) is 11.8 Å². The molecule has 0 radical (unpaired) electrons. The van der Waals surface area contributed by atoms with Crippen LogP contribution >= 0.6 is 23.1 Å². The Morgan fingerprint density at radius 2 is 2.03 bits per heavy atom. The largest absolute Gasteiger partial charge is 0.497 e. The molecule has 1 atom stereocenters. The molecule has 0 aliphatic heterocycles. The number of thiazole rings is 1. The van der Waals surface area contributed by atoms with E-state index in [4.69, 9.17) is 4.74 Å². The molecule has 0 aliphatic rings. The van der Waals surface area contributed by atoms with Gasteiger partial charge in [-0.15, -0.1) is 21.5 Å². The summed E-state index contributed by atoms with van der Waals surface area (Å²) in [5.41, 5.74) is 0.528. The number of nitrogens with one attached hydrogen (secondary N) is 2. The van der Waals surface area contributed by atoms with Gasteiger partial charge in [-0.2, -0.15) is 0 Å². The molecule has 2 aromatic heterocycles. The van der Waals surface area contributed by atoms with Crippen LogP contribution in [0.1, 0.15) is 30.0 Å². The van der Waals surface area contributed by atoms with E-state index in [1.54, 1.807) is 49.9 Å². The summed E-state index contributed by atoms with van der Waals surface area (Å²) >= 11 is 2.67. The van der Waals surface area contributed by atoms with Crippen molar-refractivity contribution < 1.29 is 14.3 Å². The van der Waals surface area contributed by atoms with E-state index in [0.717, 1.165) is 0 Å². The van der Waals surface area contributed by atoms with Crippen LogP contribution in [0.3, 0.4) is 0 Å². The minimum atomic E-state index is -0.384. The summed E-state index contributed by atoms with van der Waals surface area (Å²) in [7, 11) is 1.58. The maximum absolute atomic E-state index is 12.4. The molecule has 0 aliphatic carbocycles. The highest BCUT2D eigenvalue weighted by Crippen LogP contribution is 2.24. The van der Waals surface area contributed by atoms with Crippen LogP contribution in [0.15, 0.2) is 41.0 Å². The quantitative estimate of drug-likeness (QED) is 0.486.